The summed E-state index contributed by atoms with van der Waals surface area (Å²) in [4.78, 5) is 2.57. The van der Waals surface area contributed by atoms with E-state index in [1.165, 1.54) is 42.7 Å². The van der Waals surface area contributed by atoms with Gasteiger partial charge in [0.1, 0.15) is 0 Å². The second kappa shape index (κ2) is 8.09. The van der Waals surface area contributed by atoms with Crippen LogP contribution in [-0.4, -0.2) is 37.6 Å². The molecular formula is C20H25BrN2. The Hall–Kier alpha value is -1.16. The first-order valence-corrected chi connectivity index (χ1v) is 9.31. The lowest BCUT2D eigenvalue weighted by Gasteiger charge is -2.28. The van der Waals surface area contributed by atoms with Crippen molar-refractivity contribution in [2.45, 2.75) is 19.3 Å². The molecule has 1 saturated heterocycles. The van der Waals surface area contributed by atoms with Crippen molar-refractivity contribution in [3.8, 4) is 11.1 Å². The summed E-state index contributed by atoms with van der Waals surface area (Å²) in [7, 11) is 0. The first kappa shape index (κ1) is 16.7. The monoisotopic (exact) mass is 372 g/mol. The molecule has 0 aromatic heterocycles. The van der Waals surface area contributed by atoms with Gasteiger partial charge < -0.3 is 10.2 Å². The molecule has 0 amide bonds. The van der Waals surface area contributed by atoms with Crippen LogP contribution in [0, 0.1) is 0 Å². The lowest BCUT2D eigenvalue weighted by Crippen LogP contribution is -2.43. The Labute approximate surface area is 148 Å². The zero-order valence-corrected chi connectivity index (χ0v) is 15.3. The van der Waals surface area contributed by atoms with Gasteiger partial charge in [-0.15, -0.1) is 0 Å². The Bertz CT molecular complexity index is 618. The van der Waals surface area contributed by atoms with Gasteiger partial charge in [-0.05, 0) is 41.6 Å². The second-order valence-electron chi connectivity index (χ2n) is 6.38. The van der Waals surface area contributed by atoms with E-state index in [0.717, 1.165) is 17.6 Å². The maximum Gasteiger partial charge on any atom is 0.0253 e. The van der Waals surface area contributed by atoms with Crippen molar-refractivity contribution in [2.75, 3.05) is 32.7 Å². The highest BCUT2D eigenvalue weighted by Gasteiger charge is 2.12. The van der Waals surface area contributed by atoms with Gasteiger partial charge in [0, 0.05) is 30.7 Å². The molecule has 0 radical (unpaired) electrons. The normalized spacial score (nSPS) is 17.1. The van der Waals surface area contributed by atoms with Crippen LogP contribution in [0.4, 0.5) is 0 Å². The Balaban J connectivity index is 1.61. The molecule has 0 aliphatic carbocycles. The van der Waals surface area contributed by atoms with Crippen molar-refractivity contribution < 1.29 is 0 Å². The summed E-state index contributed by atoms with van der Waals surface area (Å²) in [5, 5.41) is 3.41. The molecule has 3 heteroatoms. The van der Waals surface area contributed by atoms with Gasteiger partial charge in [0.2, 0.25) is 0 Å². The molecule has 23 heavy (non-hydrogen) atoms. The number of rotatable bonds is 5. The van der Waals surface area contributed by atoms with Crippen LogP contribution in [0.2, 0.25) is 0 Å². The molecule has 122 valence electrons. The van der Waals surface area contributed by atoms with E-state index in [1.54, 1.807) is 0 Å². The zero-order chi connectivity index (χ0) is 16.1. The molecule has 1 fully saturated rings. The minimum atomic E-state index is 0.609. The number of nitrogens with zero attached hydrogens (tertiary/aromatic N) is 1. The average Bonchev–Trinajstić information content (AvgIpc) is 2.61. The number of halogens is 1. The predicted octanol–water partition coefficient (Wildman–Crippen LogP) is 4.51. The topological polar surface area (TPSA) is 15.3 Å². The van der Waals surface area contributed by atoms with E-state index in [-0.39, 0.29) is 0 Å². The van der Waals surface area contributed by atoms with E-state index in [0.29, 0.717) is 5.92 Å². The van der Waals surface area contributed by atoms with Gasteiger partial charge >= 0.3 is 0 Å². The van der Waals surface area contributed by atoms with Crippen LogP contribution in [0.5, 0.6) is 0 Å². The fourth-order valence-electron chi connectivity index (χ4n) is 3.16. The van der Waals surface area contributed by atoms with Gasteiger partial charge in [-0.3, -0.25) is 0 Å². The maximum atomic E-state index is 3.64. The second-order valence-corrected chi connectivity index (χ2v) is 7.24. The van der Waals surface area contributed by atoms with E-state index >= 15 is 0 Å². The van der Waals surface area contributed by atoms with Crippen LogP contribution in [0.1, 0.15) is 24.8 Å². The molecule has 1 aliphatic rings. The van der Waals surface area contributed by atoms with E-state index in [2.05, 4.69) is 81.6 Å². The quantitative estimate of drug-likeness (QED) is 0.829. The minimum absolute atomic E-state index is 0.609. The van der Waals surface area contributed by atoms with Crippen molar-refractivity contribution in [3.63, 3.8) is 0 Å². The molecule has 1 N–H and O–H groups in total. The molecular weight excluding hydrogens is 348 g/mol. The molecule has 0 bridgehead atoms. The summed E-state index contributed by atoms with van der Waals surface area (Å²) in [6.45, 7) is 8.19. The maximum absolute atomic E-state index is 3.64. The third-order valence-electron chi connectivity index (χ3n) is 4.75. The summed E-state index contributed by atoms with van der Waals surface area (Å²) in [5.41, 5.74) is 3.97. The van der Waals surface area contributed by atoms with Crippen LogP contribution < -0.4 is 5.32 Å². The van der Waals surface area contributed by atoms with Gasteiger partial charge in [-0.2, -0.15) is 0 Å². The van der Waals surface area contributed by atoms with Crippen LogP contribution in [-0.2, 0) is 0 Å². The highest BCUT2D eigenvalue weighted by Crippen LogP contribution is 2.29. The minimum Gasteiger partial charge on any atom is -0.314 e. The number of hydrogen-bond acceptors (Lipinski definition) is 2. The molecule has 0 saturated carbocycles. The predicted molar refractivity (Wildman–Crippen MR) is 102 cm³/mol. The fraction of sp³-hybridized carbons (Fsp3) is 0.400. The molecule has 1 aliphatic heterocycles. The Morgan fingerprint density at radius 3 is 2.43 bits per heavy atom. The van der Waals surface area contributed by atoms with Crippen LogP contribution in [0.3, 0.4) is 0 Å². The van der Waals surface area contributed by atoms with E-state index < -0.39 is 0 Å². The van der Waals surface area contributed by atoms with Gasteiger partial charge in [-0.1, -0.05) is 65.3 Å². The van der Waals surface area contributed by atoms with Crippen molar-refractivity contribution >= 4 is 15.9 Å². The Morgan fingerprint density at radius 1 is 1.04 bits per heavy atom. The smallest absolute Gasteiger partial charge is 0.0253 e. The average molecular weight is 373 g/mol. The lowest BCUT2D eigenvalue weighted by molar-refractivity contribution is 0.234. The molecule has 2 aromatic rings. The fourth-order valence-corrected chi connectivity index (χ4v) is 3.68. The van der Waals surface area contributed by atoms with Gasteiger partial charge in [0.15, 0.2) is 0 Å². The number of nitrogens with one attached hydrogen (secondary N) is 1. The summed E-state index contributed by atoms with van der Waals surface area (Å²) in [6, 6.07) is 17.5. The molecule has 1 unspecified atom stereocenters. The van der Waals surface area contributed by atoms with Crippen LogP contribution in [0.15, 0.2) is 53.0 Å². The molecule has 2 aromatic carbocycles. The first-order chi connectivity index (χ1) is 11.2. The molecule has 1 heterocycles. The summed E-state index contributed by atoms with van der Waals surface area (Å²) >= 11 is 3.64. The van der Waals surface area contributed by atoms with E-state index in [9.17, 15) is 0 Å². The molecule has 1 atom stereocenters. The van der Waals surface area contributed by atoms with Crippen molar-refractivity contribution in [3.05, 3.63) is 58.6 Å². The summed E-state index contributed by atoms with van der Waals surface area (Å²) in [6.07, 6.45) is 1.23. The van der Waals surface area contributed by atoms with Gasteiger partial charge in [-0.25, -0.2) is 0 Å². The van der Waals surface area contributed by atoms with E-state index in [1.807, 2.05) is 0 Å². The van der Waals surface area contributed by atoms with Crippen molar-refractivity contribution in [1.82, 2.24) is 10.2 Å². The zero-order valence-electron chi connectivity index (χ0n) is 13.8. The van der Waals surface area contributed by atoms with Crippen molar-refractivity contribution in [1.29, 1.82) is 0 Å². The molecule has 0 spiro atoms. The Morgan fingerprint density at radius 2 is 1.74 bits per heavy atom. The number of hydrogen-bond donors (Lipinski definition) is 1. The summed E-state index contributed by atoms with van der Waals surface area (Å²) < 4.78 is 1.15. The number of benzene rings is 2. The molecule has 2 nitrogen and oxygen atoms in total. The SMILES string of the molecule is CC(CCN1CCNCC1)c1ccc(-c2ccccc2Br)cc1. The summed E-state index contributed by atoms with van der Waals surface area (Å²) in [5.74, 6) is 0.609. The highest BCUT2D eigenvalue weighted by atomic mass is 79.9. The van der Waals surface area contributed by atoms with Gasteiger partial charge in [0.05, 0.1) is 0 Å². The third kappa shape index (κ3) is 4.43. The van der Waals surface area contributed by atoms with Crippen molar-refractivity contribution in [2.24, 2.45) is 0 Å². The molecule has 3 rings (SSSR count). The lowest BCUT2D eigenvalue weighted by atomic mass is 9.95. The standard InChI is InChI=1S/C20H25BrN2/c1-16(10-13-23-14-11-22-12-15-23)17-6-8-18(9-7-17)19-4-2-3-5-20(19)21/h2-9,16,22H,10-15H2,1H3. The largest absolute Gasteiger partial charge is 0.314 e. The van der Waals surface area contributed by atoms with E-state index in [4.69, 9.17) is 0 Å². The number of piperazine rings is 1. The Kier molecular flexibility index (Phi) is 5.87. The third-order valence-corrected chi connectivity index (χ3v) is 5.44. The highest BCUT2D eigenvalue weighted by molar-refractivity contribution is 9.10. The van der Waals surface area contributed by atoms with Gasteiger partial charge in [0.25, 0.3) is 0 Å². The van der Waals surface area contributed by atoms with Crippen LogP contribution in [0.25, 0.3) is 11.1 Å². The van der Waals surface area contributed by atoms with Crippen LogP contribution >= 0.6 is 15.9 Å². The first-order valence-electron chi connectivity index (χ1n) is 8.52.